The minimum Gasteiger partial charge on any atom is -0.271 e. The number of hydrazine groups is 1. The van der Waals surface area contributed by atoms with E-state index in [1.807, 2.05) is 12.1 Å². The maximum absolute atomic E-state index is 12.0. The van der Waals surface area contributed by atoms with Gasteiger partial charge < -0.3 is 0 Å². The summed E-state index contributed by atoms with van der Waals surface area (Å²) in [6, 6.07) is 3.37. The molecule has 17 heavy (non-hydrogen) atoms. The van der Waals surface area contributed by atoms with Crippen molar-refractivity contribution in [1.82, 2.24) is 10.4 Å². The lowest BCUT2D eigenvalue weighted by molar-refractivity contribution is -0.136. The van der Waals surface area contributed by atoms with Crippen molar-refractivity contribution in [1.29, 1.82) is 0 Å². The van der Waals surface area contributed by atoms with Crippen LogP contribution in [0, 0.1) is 0 Å². The molecule has 0 fully saturated rings. The molecule has 1 aromatic rings. The summed E-state index contributed by atoms with van der Waals surface area (Å²) in [5, 5.41) is 0. The molecule has 0 amide bonds. The highest BCUT2D eigenvalue weighted by molar-refractivity contribution is 5.09. The van der Waals surface area contributed by atoms with E-state index in [1.54, 1.807) is 12.4 Å². The Hall–Kier alpha value is -1.14. The van der Waals surface area contributed by atoms with E-state index < -0.39 is 12.6 Å². The summed E-state index contributed by atoms with van der Waals surface area (Å²) < 4.78 is 36.1. The smallest absolute Gasteiger partial charge is 0.271 e. The number of nitrogens with two attached hydrogens (primary N) is 1. The molecule has 0 radical (unpaired) electrons. The molecule has 0 bridgehead atoms. The van der Waals surface area contributed by atoms with Crippen LogP contribution in [0.5, 0.6) is 0 Å². The van der Waals surface area contributed by atoms with Gasteiger partial charge in [0.25, 0.3) is 0 Å². The van der Waals surface area contributed by atoms with Gasteiger partial charge in [0.2, 0.25) is 0 Å². The van der Waals surface area contributed by atoms with E-state index in [0.29, 0.717) is 12.8 Å². The summed E-state index contributed by atoms with van der Waals surface area (Å²) in [5.41, 5.74) is 3.48. The molecule has 0 spiro atoms. The molecule has 0 saturated heterocycles. The van der Waals surface area contributed by atoms with Crippen LogP contribution >= 0.6 is 0 Å². The van der Waals surface area contributed by atoms with Crippen LogP contribution in [0.1, 0.15) is 24.8 Å². The van der Waals surface area contributed by atoms with Gasteiger partial charge in [0, 0.05) is 24.9 Å². The molecule has 0 aliphatic carbocycles. The minimum absolute atomic E-state index is 0.00504. The zero-order valence-electron chi connectivity index (χ0n) is 9.37. The molecule has 0 aliphatic rings. The van der Waals surface area contributed by atoms with Gasteiger partial charge in [-0.15, -0.1) is 0 Å². The zero-order chi connectivity index (χ0) is 12.7. The van der Waals surface area contributed by atoms with E-state index in [1.165, 1.54) is 0 Å². The largest absolute Gasteiger partial charge is 0.389 e. The predicted octanol–water partition coefficient (Wildman–Crippen LogP) is 2.19. The molecule has 1 heterocycles. The molecule has 96 valence electrons. The van der Waals surface area contributed by atoms with Crippen LogP contribution < -0.4 is 11.3 Å². The lowest BCUT2D eigenvalue weighted by Crippen LogP contribution is -2.36. The van der Waals surface area contributed by atoms with Crippen LogP contribution in [-0.2, 0) is 6.42 Å². The van der Waals surface area contributed by atoms with Gasteiger partial charge in [-0.25, -0.2) is 0 Å². The van der Waals surface area contributed by atoms with E-state index >= 15 is 0 Å². The average molecular weight is 247 g/mol. The second-order valence-electron chi connectivity index (χ2n) is 3.91. The summed E-state index contributed by atoms with van der Waals surface area (Å²) in [7, 11) is 0. The van der Waals surface area contributed by atoms with Crippen LogP contribution in [0.3, 0.4) is 0 Å². The van der Waals surface area contributed by atoms with Gasteiger partial charge in [-0.05, 0) is 37.0 Å². The first kappa shape index (κ1) is 13.9. The number of hydrogen-bond acceptors (Lipinski definition) is 3. The molecule has 0 aliphatic heterocycles. The number of rotatable bonds is 6. The van der Waals surface area contributed by atoms with E-state index in [-0.39, 0.29) is 12.5 Å². The van der Waals surface area contributed by atoms with Gasteiger partial charge in [0.05, 0.1) is 0 Å². The fourth-order valence-electron chi connectivity index (χ4n) is 1.54. The summed E-state index contributed by atoms with van der Waals surface area (Å²) in [6.07, 6.45) is -0.327. The van der Waals surface area contributed by atoms with Gasteiger partial charge in [-0.3, -0.25) is 16.3 Å². The first-order valence-electron chi connectivity index (χ1n) is 5.43. The highest BCUT2D eigenvalue weighted by atomic mass is 19.4. The van der Waals surface area contributed by atoms with Crippen molar-refractivity contribution in [2.24, 2.45) is 5.84 Å². The monoisotopic (exact) mass is 247 g/mol. The first-order chi connectivity index (χ1) is 8.01. The topological polar surface area (TPSA) is 50.9 Å². The maximum atomic E-state index is 12.0. The maximum Gasteiger partial charge on any atom is 0.389 e. The normalized spacial score (nSPS) is 13.6. The Morgan fingerprint density at radius 2 is 1.88 bits per heavy atom. The van der Waals surface area contributed by atoms with Crippen molar-refractivity contribution in [3.63, 3.8) is 0 Å². The second-order valence-corrected chi connectivity index (χ2v) is 3.91. The highest BCUT2D eigenvalue weighted by Crippen LogP contribution is 2.23. The van der Waals surface area contributed by atoms with Crippen LogP contribution in [0.15, 0.2) is 24.5 Å². The molecule has 3 N–H and O–H groups in total. The molecule has 1 aromatic heterocycles. The van der Waals surface area contributed by atoms with E-state index in [4.69, 9.17) is 5.84 Å². The Morgan fingerprint density at radius 3 is 2.41 bits per heavy atom. The number of alkyl halides is 3. The molecular weight excluding hydrogens is 231 g/mol. The van der Waals surface area contributed by atoms with Gasteiger partial charge in [0.15, 0.2) is 0 Å². The fourth-order valence-corrected chi connectivity index (χ4v) is 1.54. The predicted molar refractivity (Wildman–Crippen MR) is 59.0 cm³/mol. The highest BCUT2D eigenvalue weighted by Gasteiger charge is 2.27. The lowest BCUT2D eigenvalue weighted by atomic mass is 10.0. The van der Waals surface area contributed by atoms with Crippen LogP contribution in [0.25, 0.3) is 0 Å². The van der Waals surface area contributed by atoms with Crippen molar-refractivity contribution in [2.75, 3.05) is 0 Å². The summed E-state index contributed by atoms with van der Waals surface area (Å²) >= 11 is 0. The van der Waals surface area contributed by atoms with Crippen molar-refractivity contribution >= 4 is 0 Å². The number of nitrogens with one attached hydrogen (secondary N) is 1. The van der Waals surface area contributed by atoms with Crippen LogP contribution in [-0.4, -0.2) is 17.2 Å². The summed E-state index contributed by atoms with van der Waals surface area (Å²) in [6.45, 7) is 0. The van der Waals surface area contributed by atoms with Gasteiger partial charge in [-0.1, -0.05) is 0 Å². The molecule has 1 atom stereocenters. The third-order valence-electron chi connectivity index (χ3n) is 2.54. The zero-order valence-corrected chi connectivity index (χ0v) is 9.37. The first-order valence-corrected chi connectivity index (χ1v) is 5.43. The van der Waals surface area contributed by atoms with Gasteiger partial charge in [-0.2, -0.15) is 13.2 Å². The van der Waals surface area contributed by atoms with E-state index in [0.717, 1.165) is 5.56 Å². The number of hydrogen-bond donors (Lipinski definition) is 2. The molecule has 1 unspecified atom stereocenters. The van der Waals surface area contributed by atoms with E-state index in [2.05, 4.69) is 10.4 Å². The molecule has 0 aromatic carbocycles. The van der Waals surface area contributed by atoms with Crippen molar-refractivity contribution in [3.05, 3.63) is 30.1 Å². The molecule has 0 saturated carbocycles. The van der Waals surface area contributed by atoms with Crippen molar-refractivity contribution in [3.8, 4) is 0 Å². The van der Waals surface area contributed by atoms with Gasteiger partial charge >= 0.3 is 6.18 Å². The molecular formula is C11H16F3N3. The lowest BCUT2D eigenvalue weighted by Gasteiger charge is -2.16. The average Bonchev–Trinajstić information content (AvgIpc) is 2.29. The number of aryl methyl sites for hydroxylation is 1. The standard InChI is InChI=1S/C11H16F3N3/c12-11(13,14)6-3-10(17-15)2-1-9-4-7-16-8-5-9/h4-5,7-8,10,17H,1-3,6,15H2. The third-order valence-corrected chi connectivity index (χ3v) is 2.54. The number of halogens is 3. The quantitative estimate of drug-likeness (QED) is 0.598. The van der Waals surface area contributed by atoms with Crippen molar-refractivity contribution < 1.29 is 13.2 Å². The summed E-state index contributed by atoms with van der Waals surface area (Å²) in [5.74, 6) is 5.24. The van der Waals surface area contributed by atoms with Crippen LogP contribution in [0.4, 0.5) is 13.2 Å². The second kappa shape index (κ2) is 6.56. The number of pyridine rings is 1. The fraction of sp³-hybridized carbons (Fsp3) is 0.545. The molecule has 3 nitrogen and oxygen atoms in total. The van der Waals surface area contributed by atoms with Crippen LogP contribution in [0.2, 0.25) is 0 Å². The molecule has 6 heteroatoms. The summed E-state index contributed by atoms with van der Waals surface area (Å²) in [4.78, 5) is 3.87. The van der Waals surface area contributed by atoms with Gasteiger partial charge in [0.1, 0.15) is 0 Å². The SMILES string of the molecule is NNC(CCc1ccncc1)CCC(F)(F)F. The number of nitrogens with zero attached hydrogens (tertiary/aromatic N) is 1. The van der Waals surface area contributed by atoms with Crippen molar-refractivity contribution in [2.45, 2.75) is 37.9 Å². The molecule has 1 rings (SSSR count). The number of aromatic nitrogens is 1. The third kappa shape index (κ3) is 6.23. The Morgan fingerprint density at radius 1 is 1.24 bits per heavy atom. The Balaban J connectivity index is 2.33. The minimum atomic E-state index is -4.12. The Kier molecular flexibility index (Phi) is 5.37. The van der Waals surface area contributed by atoms with E-state index in [9.17, 15) is 13.2 Å². The Labute approximate surface area is 98.2 Å². The Bertz CT molecular complexity index is 313.